The van der Waals surface area contributed by atoms with Crippen LogP contribution in [0, 0.1) is 0 Å². The number of anilines is 1. The Labute approximate surface area is 171 Å². The van der Waals surface area contributed by atoms with Gasteiger partial charge in [-0.25, -0.2) is 0 Å². The molecule has 0 radical (unpaired) electrons. The van der Waals surface area contributed by atoms with Crippen LogP contribution in [-0.4, -0.2) is 49.7 Å². The molecule has 2 aromatic carbocycles. The predicted octanol–water partition coefficient (Wildman–Crippen LogP) is 2.47. The van der Waals surface area contributed by atoms with Crippen LogP contribution in [0.15, 0.2) is 48.5 Å². The molecule has 0 heterocycles. The number of carbonyl (C=O) groups excluding carboxylic acids is 3. The van der Waals surface area contributed by atoms with Crippen molar-refractivity contribution in [1.29, 1.82) is 0 Å². The fourth-order valence-corrected chi connectivity index (χ4v) is 2.59. The minimum absolute atomic E-state index is 0.0643. The van der Waals surface area contributed by atoms with E-state index in [1.165, 1.54) is 0 Å². The molecule has 0 spiro atoms. The van der Waals surface area contributed by atoms with Crippen molar-refractivity contribution >= 4 is 23.3 Å². The number of rotatable bonds is 10. The van der Waals surface area contributed by atoms with E-state index in [0.29, 0.717) is 36.5 Å². The highest BCUT2D eigenvalue weighted by molar-refractivity contribution is 5.96. The Kier molecular flexibility index (Phi) is 8.36. The topological polar surface area (TPSA) is 87.7 Å². The summed E-state index contributed by atoms with van der Waals surface area (Å²) in [5.41, 5.74) is 2.17. The second kappa shape index (κ2) is 11.0. The fourth-order valence-electron chi connectivity index (χ4n) is 2.59. The van der Waals surface area contributed by atoms with Gasteiger partial charge in [-0.05, 0) is 56.1 Å². The zero-order valence-corrected chi connectivity index (χ0v) is 17.0. The summed E-state index contributed by atoms with van der Waals surface area (Å²) < 4.78 is 5.45. The summed E-state index contributed by atoms with van der Waals surface area (Å²) in [7, 11) is 3.65. The second-order valence-corrected chi connectivity index (χ2v) is 6.85. The summed E-state index contributed by atoms with van der Waals surface area (Å²) in [4.78, 5) is 37.3. The lowest BCUT2D eigenvalue weighted by molar-refractivity contribution is -0.123. The van der Waals surface area contributed by atoms with Gasteiger partial charge in [0.1, 0.15) is 5.75 Å². The molecule has 29 heavy (non-hydrogen) atoms. The van der Waals surface area contributed by atoms with Crippen LogP contribution >= 0.6 is 0 Å². The van der Waals surface area contributed by atoms with Crippen LogP contribution in [0.1, 0.15) is 29.3 Å². The van der Waals surface area contributed by atoms with Gasteiger partial charge in [-0.15, -0.1) is 0 Å². The fraction of sp³-hybridized carbons (Fsp3) is 0.318. The van der Waals surface area contributed by atoms with Gasteiger partial charge >= 0.3 is 0 Å². The van der Waals surface area contributed by atoms with Crippen molar-refractivity contribution in [3.63, 3.8) is 0 Å². The monoisotopic (exact) mass is 397 g/mol. The van der Waals surface area contributed by atoms with E-state index in [2.05, 4.69) is 10.6 Å². The molecule has 7 nitrogen and oxygen atoms in total. The summed E-state index contributed by atoms with van der Waals surface area (Å²) >= 11 is 0. The van der Waals surface area contributed by atoms with Crippen molar-refractivity contribution in [2.24, 2.45) is 0 Å². The molecule has 0 aliphatic carbocycles. The van der Waals surface area contributed by atoms with E-state index >= 15 is 0 Å². The van der Waals surface area contributed by atoms with E-state index in [9.17, 15) is 14.4 Å². The van der Waals surface area contributed by atoms with Gasteiger partial charge in [-0.3, -0.25) is 14.4 Å². The highest BCUT2D eigenvalue weighted by Crippen LogP contribution is 2.14. The lowest BCUT2D eigenvalue weighted by Crippen LogP contribution is -2.28. The van der Waals surface area contributed by atoms with Crippen LogP contribution in [0.3, 0.4) is 0 Å². The Bertz CT molecular complexity index is 847. The van der Waals surface area contributed by atoms with Crippen molar-refractivity contribution in [2.45, 2.75) is 19.9 Å². The lowest BCUT2D eigenvalue weighted by atomic mass is 10.1. The average molecular weight is 397 g/mol. The number of likely N-dealkylation sites (N-methyl/N-ethyl adjacent to an activating group) is 1. The number of Topliss-reactive ketones (excluding diaryl/α,β-unsaturated/α-hetero) is 1. The Hall–Kier alpha value is -3.19. The molecule has 2 aromatic rings. The van der Waals surface area contributed by atoms with E-state index < -0.39 is 0 Å². The van der Waals surface area contributed by atoms with Crippen molar-refractivity contribution in [3.8, 4) is 5.75 Å². The van der Waals surface area contributed by atoms with Gasteiger partial charge in [-0.1, -0.05) is 19.1 Å². The molecule has 0 bridgehead atoms. The maximum atomic E-state index is 12.0. The predicted molar refractivity (Wildman–Crippen MR) is 112 cm³/mol. The molecule has 0 aromatic heterocycles. The molecule has 7 heteroatoms. The first-order chi connectivity index (χ1) is 13.9. The minimum atomic E-state index is -0.263. The number of amides is 2. The molecular weight excluding hydrogens is 370 g/mol. The summed E-state index contributed by atoms with van der Waals surface area (Å²) in [5.74, 6) is 0.227. The van der Waals surface area contributed by atoms with Crippen molar-refractivity contribution < 1.29 is 19.1 Å². The number of carbonyl (C=O) groups is 3. The maximum absolute atomic E-state index is 12.0. The van der Waals surface area contributed by atoms with Crippen LogP contribution in [0.5, 0.6) is 5.75 Å². The van der Waals surface area contributed by atoms with Crippen LogP contribution in [0.2, 0.25) is 0 Å². The van der Waals surface area contributed by atoms with Crippen LogP contribution < -0.4 is 15.4 Å². The van der Waals surface area contributed by atoms with E-state index in [0.717, 1.165) is 5.56 Å². The van der Waals surface area contributed by atoms with Crippen molar-refractivity contribution in [1.82, 2.24) is 10.2 Å². The molecule has 0 saturated heterocycles. The number of nitrogens with one attached hydrogen (secondary N) is 2. The summed E-state index contributed by atoms with van der Waals surface area (Å²) in [5, 5.41) is 5.60. The summed E-state index contributed by atoms with van der Waals surface area (Å²) in [6, 6.07) is 14.0. The molecule has 2 amide bonds. The zero-order valence-electron chi connectivity index (χ0n) is 17.0. The molecular formula is C22H27N3O4. The van der Waals surface area contributed by atoms with Crippen LogP contribution in [0.25, 0.3) is 0 Å². The number of hydrogen-bond acceptors (Lipinski definition) is 5. The molecule has 0 aliphatic rings. The standard InChI is InChI=1S/C22H27N3O4/c1-4-20(26)17-8-10-19(11-9-17)29-15-22(28)23-13-16-6-5-7-18(12-16)24-21(27)14-25(2)3/h5-12H,4,13-15H2,1-3H3,(H,23,28)(H,24,27). The Morgan fingerprint density at radius 2 is 1.72 bits per heavy atom. The van der Waals surface area contributed by atoms with E-state index in [1.807, 2.05) is 39.2 Å². The third-order valence-electron chi connectivity index (χ3n) is 4.03. The smallest absolute Gasteiger partial charge is 0.258 e. The molecule has 0 fully saturated rings. The van der Waals surface area contributed by atoms with E-state index in [4.69, 9.17) is 4.74 Å². The number of ketones is 1. The first kappa shape index (κ1) is 22.1. The van der Waals surface area contributed by atoms with Crippen LogP contribution in [-0.2, 0) is 16.1 Å². The van der Waals surface area contributed by atoms with Gasteiger partial charge in [0, 0.05) is 24.2 Å². The average Bonchev–Trinajstić information content (AvgIpc) is 2.70. The van der Waals surface area contributed by atoms with Crippen LogP contribution in [0.4, 0.5) is 5.69 Å². The Morgan fingerprint density at radius 3 is 2.38 bits per heavy atom. The number of ether oxygens (including phenoxy) is 1. The molecule has 0 atom stereocenters. The third-order valence-corrected chi connectivity index (χ3v) is 4.03. The maximum Gasteiger partial charge on any atom is 0.258 e. The van der Waals surface area contributed by atoms with Gasteiger partial charge in [0.05, 0.1) is 6.54 Å². The first-order valence-corrected chi connectivity index (χ1v) is 9.43. The van der Waals surface area contributed by atoms with E-state index in [1.54, 1.807) is 35.2 Å². The van der Waals surface area contributed by atoms with Gasteiger partial charge in [-0.2, -0.15) is 0 Å². The quantitative estimate of drug-likeness (QED) is 0.602. The normalized spacial score (nSPS) is 10.5. The highest BCUT2D eigenvalue weighted by atomic mass is 16.5. The third kappa shape index (κ3) is 7.75. The van der Waals surface area contributed by atoms with Gasteiger partial charge in [0.25, 0.3) is 5.91 Å². The summed E-state index contributed by atoms with van der Waals surface area (Å²) in [6.45, 7) is 2.31. The van der Waals surface area contributed by atoms with E-state index in [-0.39, 0.29) is 24.2 Å². The molecule has 0 aliphatic heterocycles. The molecule has 154 valence electrons. The molecule has 0 saturated carbocycles. The lowest BCUT2D eigenvalue weighted by Gasteiger charge is -2.11. The number of nitrogens with zero attached hydrogens (tertiary/aromatic N) is 1. The highest BCUT2D eigenvalue weighted by Gasteiger charge is 2.07. The number of benzene rings is 2. The molecule has 0 unspecified atom stereocenters. The Balaban J connectivity index is 1.79. The van der Waals surface area contributed by atoms with Gasteiger partial charge < -0.3 is 20.3 Å². The molecule has 2 N–H and O–H groups in total. The Morgan fingerprint density at radius 1 is 1.00 bits per heavy atom. The zero-order chi connectivity index (χ0) is 21.2. The number of hydrogen-bond donors (Lipinski definition) is 2. The largest absolute Gasteiger partial charge is 0.484 e. The van der Waals surface area contributed by atoms with Gasteiger partial charge in [0.15, 0.2) is 12.4 Å². The molecule has 2 rings (SSSR count). The summed E-state index contributed by atoms with van der Waals surface area (Å²) in [6.07, 6.45) is 0.448. The second-order valence-electron chi connectivity index (χ2n) is 6.85. The SMILES string of the molecule is CCC(=O)c1ccc(OCC(=O)NCc2cccc(NC(=O)CN(C)C)c2)cc1. The first-order valence-electron chi connectivity index (χ1n) is 9.43. The van der Waals surface area contributed by atoms with Gasteiger partial charge in [0.2, 0.25) is 5.91 Å². The van der Waals surface area contributed by atoms with Crippen molar-refractivity contribution in [2.75, 3.05) is 32.6 Å². The minimum Gasteiger partial charge on any atom is -0.484 e. The van der Waals surface area contributed by atoms with Crippen molar-refractivity contribution in [3.05, 3.63) is 59.7 Å².